The lowest BCUT2D eigenvalue weighted by Crippen LogP contribution is -2.36. The number of carbonyl (C=O) groups is 2. The van der Waals surface area contributed by atoms with Gasteiger partial charge in [-0.25, -0.2) is 9.13 Å². The summed E-state index contributed by atoms with van der Waals surface area (Å²) in [5, 5.41) is 0. The van der Waals surface area contributed by atoms with Crippen molar-refractivity contribution in [2.45, 2.75) is 12.8 Å². The van der Waals surface area contributed by atoms with Crippen LogP contribution >= 0.6 is 15.6 Å². The minimum Gasteiger partial charge on any atom is -0.369 e. The van der Waals surface area contributed by atoms with Crippen LogP contribution in [0.2, 0.25) is 0 Å². The Morgan fingerprint density at radius 2 is 1.22 bits per heavy atom. The van der Waals surface area contributed by atoms with Crippen LogP contribution in [0.25, 0.3) is 0 Å². The van der Waals surface area contributed by atoms with E-state index < -0.39 is 32.9 Å². The zero-order valence-corrected chi connectivity index (χ0v) is 10.6. The Morgan fingerprint density at radius 3 is 1.22 bits per heavy atom. The number of amides is 2. The van der Waals surface area contributed by atoms with Crippen LogP contribution in [0, 0.1) is 5.41 Å². The van der Waals surface area contributed by atoms with Crippen molar-refractivity contribution in [3.63, 3.8) is 0 Å². The summed E-state index contributed by atoms with van der Waals surface area (Å²) >= 11 is 0. The smallest absolute Gasteiger partial charge is 0.369 e. The molecule has 0 aromatic rings. The van der Waals surface area contributed by atoms with Crippen molar-refractivity contribution in [1.29, 1.82) is 0 Å². The van der Waals surface area contributed by atoms with Crippen molar-refractivity contribution in [3.8, 4) is 0 Å². The maximum absolute atomic E-state index is 10.4. The highest BCUT2D eigenvalue weighted by atomic mass is 31.3. The summed E-state index contributed by atoms with van der Waals surface area (Å²) in [6, 6.07) is 0. The Labute approximate surface area is 101 Å². The molecular weight excluding hydrogens is 294 g/mol. The van der Waals surface area contributed by atoms with Gasteiger partial charge < -0.3 is 31.0 Å². The fourth-order valence-corrected chi connectivity index (χ4v) is 1.99. The fourth-order valence-electron chi connectivity index (χ4n) is 0.878. The summed E-state index contributed by atoms with van der Waals surface area (Å²) in [4.78, 5) is 51.9. The van der Waals surface area contributed by atoms with Crippen LogP contribution in [0.3, 0.4) is 0 Å². The molecule has 0 radical (unpaired) electrons. The first kappa shape index (κ1) is 17.2. The van der Waals surface area contributed by atoms with Crippen LogP contribution in [0.5, 0.6) is 0 Å². The topological polar surface area (TPSA) is 210 Å². The molecule has 0 saturated heterocycles. The molecule has 0 aromatic heterocycles. The van der Waals surface area contributed by atoms with Gasteiger partial charge in [0, 0.05) is 0 Å². The minimum atomic E-state index is -5.05. The molecule has 2 amide bonds. The van der Waals surface area contributed by atoms with E-state index >= 15 is 0 Å². The number of phosphoric acid groups is 2. The van der Waals surface area contributed by atoms with E-state index in [-0.39, 0.29) is 0 Å². The highest BCUT2D eigenvalue weighted by Crippen LogP contribution is 2.53. The Balaban J connectivity index is 0.000000321. The molecule has 1 aliphatic carbocycles. The van der Waals surface area contributed by atoms with Gasteiger partial charge in [0.2, 0.25) is 11.8 Å². The van der Waals surface area contributed by atoms with Crippen molar-refractivity contribution >= 4 is 27.5 Å². The lowest BCUT2D eigenvalue weighted by atomic mass is 10.1. The summed E-state index contributed by atoms with van der Waals surface area (Å²) < 4.78 is 22.2. The van der Waals surface area contributed by atoms with Gasteiger partial charge >= 0.3 is 15.6 Å². The Morgan fingerprint density at radius 1 is 0.944 bits per heavy atom. The highest BCUT2D eigenvalue weighted by molar-refractivity contribution is 7.60. The first-order valence-corrected chi connectivity index (χ1v) is 7.28. The van der Waals surface area contributed by atoms with Crippen LogP contribution < -0.4 is 11.5 Å². The fraction of sp³-hybridized carbons (Fsp3) is 0.600. The number of hydrogen-bond acceptors (Lipinski definition) is 5. The molecule has 0 atom stereocenters. The van der Waals surface area contributed by atoms with Crippen molar-refractivity contribution in [1.82, 2.24) is 0 Å². The van der Waals surface area contributed by atoms with Crippen LogP contribution in [0.4, 0.5) is 0 Å². The second-order valence-corrected chi connectivity index (χ2v) is 5.99. The lowest BCUT2D eigenvalue weighted by molar-refractivity contribution is -0.133. The Hall–Kier alpha value is -0.800. The molecule has 1 rings (SSSR count). The molecule has 0 aromatic carbocycles. The van der Waals surface area contributed by atoms with Gasteiger partial charge in [-0.1, -0.05) is 0 Å². The summed E-state index contributed by atoms with van der Waals surface area (Å²) in [6.45, 7) is 0. The number of hydrogen-bond donors (Lipinski definition) is 6. The molecular formula is C5H12N2O9P2. The third-order valence-electron chi connectivity index (χ3n) is 1.91. The molecule has 0 unspecified atom stereocenters. The number of primary amides is 2. The van der Waals surface area contributed by atoms with Gasteiger partial charge in [-0.2, -0.15) is 4.31 Å². The van der Waals surface area contributed by atoms with E-state index in [0.717, 1.165) is 0 Å². The maximum atomic E-state index is 10.4. The van der Waals surface area contributed by atoms with Crippen molar-refractivity contribution in [2.24, 2.45) is 16.9 Å². The second kappa shape index (κ2) is 5.45. The van der Waals surface area contributed by atoms with E-state index in [2.05, 4.69) is 4.31 Å². The van der Waals surface area contributed by atoms with E-state index in [1.54, 1.807) is 0 Å². The summed E-state index contributed by atoms with van der Waals surface area (Å²) in [5.74, 6) is -1.18. The molecule has 18 heavy (non-hydrogen) atoms. The quantitative estimate of drug-likeness (QED) is 0.248. The minimum absolute atomic E-state index is 0.525. The Kier molecular flexibility index (Phi) is 5.21. The average Bonchev–Trinajstić information content (AvgIpc) is 2.74. The van der Waals surface area contributed by atoms with E-state index in [1.807, 2.05) is 0 Å². The average molecular weight is 306 g/mol. The zero-order chi connectivity index (χ0) is 14.8. The third-order valence-corrected chi connectivity index (χ3v) is 3.61. The number of nitrogens with two attached hydrogens (primary N) is 2. The van der Waals surface area contributed by atoms with Crippen LogP contribution in [-0.2, 0) is 23.0 Å². The standard InChI is InChI=1S/C5H8N2O2.H4O7P2/c6-3(8)5(1-2-5)4(7)9;1-8(2,3)7-9(4,5)6/h1-2H2,(H2,6,8)(H2,7,9);(H2,1,2,3)(H2,4,5,6). The lowest BCUT2D eigenvalue weighted by Gasteiger charge is -2.03. The molecule has 1 saturated carbocycles. The van der Waals surface area contributed by atoms with Crippen LogP contribution in [-0.4, -0.2) is 31.4 Å². The third kappa shape index (κ3) is 6.22. The van der Waals surface area contributed by atoms with Gasteiger partial charge in [-0.3, -0.25) is 9.59 Å². The summed E-state index contributed by atoms with van der Waals surface area (Å²) in [6.07, 6.45) is 1.05. The van der Waals surface area contributed by atoms with Crippen molar-refractivity contribution in [2.75, 3.05) is 0 Å². The van der Waals surface area contributed by atoms with E-state index in [4.69, 9.17) is 31.0 Å². The molecule has 0 bridgehead atoms. The largest absolute Gasteiger partial charge is 0.478 e. The normalized spacial score (nSPS) is 17.3. The molecule has 11 nitrogen and oxygen atoms in total. The first-order valence-electron chi connectivity index (χ1n) is 4.22. The molecule has 8 N–H and O–H groups in total. The molecule has 1 aliphatic rings. The van der Waals surface area contributed by atoms with Crippen LogP contribution in [0.1, 0.15) is 12.8 Å². The predicted octanol–water partition coefficient (Wildman–Crippen LogP) is -2.07. The van der Waals surface area contributed by atoms with Crippen molar-refractivity contribution < 1.29 is 42.6 Å². The monoisotopic (exact) mass is 306 g/mol. The van der Waals surface area contributed by atoms with Crippen LogP contribution in [0.15, 0.2) is 0 Å². The van der Waals surface area contributed by atoms with Gasteiger partial charge in [0.15, 0.2) is 0 Å². The number of carbonyl (C=O) groups excluding carboxylic acids is 2. The summed E-state index contributed by atoms with van der Waals surface area (Å²) in [5.41, 5.74) is 8.82. The van der Waals surface area contributed by atoms with E-state index in [0.29, 0.717) is 12.8 Å². The first-order chi connectivity index (χ1) is 7.80. The van der Waals surface area contributed by atoms with Gasteiger partial charge in [-0.15, -0.1) is 0 Å². The van der Waals surface area contributed by atoms with Crippen molar-refractivity contribution in [3.05, 3.63) is 0 Å². The van der Waals surface area contributed by atoms with E-state index in [9.17, 15) is 18.7 Å². The Bertz CT molecular complexity index is 396. The second-order valence-electron chi connectivity index (χ2n) is 3.37. The summed E-state index contributed by atoms with van der Waals surface area (Å²) in [7, 11) is -10.1. The molecule has 13 heteroatoms. The van der Waals surface area contributed by atoms with E-state index in [1.165, 1.54) is 0 Å². The van der Waals surface area contributed by atoms with Gasteiger partial charge in [0.25, 0.3) is 0 Å². The molecule has 1 fully saturated rings. The van der Waals surface area contributed by atoms with Gasteiger partial charge in [-0.05, 0) is 12.8 Å². The maximum Gasteiger partial charge on any atom is 0.478 e. The highest BCUT2D eigenvalue weighted by Gasteiger charge is 2.54. The molecule has 0 heterocycles. The van der Waals surface area contributed by atoms with Gasteiger partial charge in [0.05, 0.1) is 0 Å². The molecule has 0 spiro atoms. The molecule has 106 valence electrons. The predicted molar refractivity (Wildman–Crippen MR) is 55.2 cm³/mol. The zero-order valence-electron chi connectivity index (χ0n) is 8.79. The number of rotatable bonds is 4. The molecule has 0 aliphatic heterocycles. The van der Waals surface area contributed by atoms with Gasteiger partial charge in [0.1, 0.15) is 5.41 Å². The SMILES string of the molecule is NC(=O)C1(C(N)=O)CC1.O=P(O)(O)OP(=O)(O)O.